The number of hydrogen-bond acceptors (Lipinski definition) is 2. The lowest BCUT2D eigenvalue weighted by molar-refractivity contribution is -0.144. The van der Waals surface area contributed by atoms with Gasteiger partial charge in [-0.2, -0.15) is 13.2 Å². The highest BCUT2D eigenvalue weighted by Gasteiger charge is 2.34. The molecule has 0 aromatic heterocycles. The van der Waals surface area contributed by atoms with Crippen molar-refractivity contribution in [2.45, 2.75) is 56.9 Å². The highest BCUT2D eigenvalue weighted by Crippen LogP contribution is 2.32. The summed E-state index contributed by atoms with van der Waals surface area (Å²) in [5.74, 6) is 0. The molecule has 0 spiro atoms. The minimum absolute atomic E-state index is 0.0622. The lowest BCUT2D eigenvalue weighted by Gasteiger charge is -2.36. The first-order valence-corrected chi connectivity index (χ1v) is 5.20. The van der Waals surface area contributed by atoms with E-state index in [0.717, 1.165) is 0 Å². The highest BCUT2D eigenvalue weighted by molar-refractivity contribution is 4.82. The van der Waals surface area contributed by atoms with Gasteiger partial charge in [-0.05, 0) is 26.2 Å². The molecule has 0 aromatic carbocycles. The Hall–Kier alpha value is -0.290. The van der Waals surface area contributed by atoms with Gasteiger partial charge in [0, 0.05) is 19.4 Å². The van der Waals surface area contributed by atoms with Gasteiger partial charge in [0.25, 0.3) is 0 Å². The molecule has 0 aromatic rings. The van der Waals surface area contributed by atoms with Crippen LogP contribution in [0, 0.1) is 0 Å². The molecule has 0 aliphatic carbocycles. The van der Waals surface area contributed by atoms with Crippen LogP contribution < -0.4 is 0 Å². The molecule has 1 rings (SSSR count). The number of hydrogen-bond donors (Lipinski definition) is 1. The van der Waals surface area contributed by atoms with Crippen LogP contribution in [0.3, 0.4) is 0 Å². The van der Waals surface area contributed by atoms with Crippen molar-refractivity contribution in [2.24, 2.45) is 0 Å². The van der Waals surface area contributed by atoms with Crippen LogP contribution >= 0.6 is 0 Å². The number of alkyl halides is 3. The van der Waals surface area contributed by atoms with Crippen molar-refractivity contribution in [1.29, 1.82) is 0 Å². The Morgan fingerprint density at radius 3 is 2.67 bits per heavy atom. The molecule has 1 fully saturated rings. The minimum Gasteiger partial charge on any atom is -0.393 e. The molecule has 0 saturated carbocycles. The lowest BCUT2D eigenvalue weighted by Crippen LogP contribution is -2.39. The van der Waals surface area contributed by atoms with Crippen molar-refractivity contribution in [3.63, 3.8) is 0 Å². The Balaban J connectivity index is 2.30. The van der Waals surface area contributed by atoms with E-state index in [1.54, 1.807) is 6.92 Å². The first-order valence-electron chi connectivity index (χ1n) is 5.20. The quantitative estimate of drug-likeness (QED) is 0.801. The van der Waals surface area contributed by atoms with E-state index in [0.29, 0.717) is 25.9 Å². The largest absolute Gasteiger partial charge is 0.393 e. The monoisotopic (exact) mass is 226 g/mol. The fourth-order valence-corrected chi connectivity index (χ4v) is 1.94. The van der Waals surface area contributed by atoms with Gasteiger partial charge >= 0.3 is 6.18 Å². The summed E-state index contributed by atoms with van der Waals surface area (Å²) in [6, 6.07) is 0. The normalized spacial score (nSPS) is 33.0. The molecule has 1 N–H and O–H groups in total. The summed E-state index contributed by atoms with van der Waals surface area (Å²) < 4.78 is 41.2. The van der Waals surface area contributed by atoms with Gasteiger partial charge < -0.3 is 9.84 Å². The molecule has 2 nitrogen and oxygen atoms in total. The molecule has 0 amide bonds. The van der Waals surface area contributed by atoms with E-state index in [-0.39, 0.29) is 6.42 Å². The summed E-state index contributed by atoms with van der Waals surface area (Å²) in [6.07, 6.45) is -3.88. The van der Waals surface area contributed by atoms with Gasteiger partial charge in [0.15, 0.2) is 0 Å². The SMILES string of the molecule is CC1(CCCC(F)(F)F)CC(O)CCO1. The molecule has 1 saturated heterocycles. The number of halogens is 3. The average molecular weight is 226 g/mol. The van der Waals surface area contributed by atoms with Crippen molar-refractivity contribution in [1.82, 2.24) is 0 Å². The summed E-state index contributed by atoms with van der Waals surface area (Å²) in [5, 5.41) is 9.40. The molecule has 0 bridgehead atoms. The lowest BCUT2D eigenvalue weighted by atomic mass is 9.89. The van der Waals surface area contributed by atoms with Crippen LogP contribution in [-0.4, -0.2) is 29.6 Å². The van der Waals surface area contributed by atoms with Gasteiger partial charge in [-0.25, -0.2) is 0 Å². The Bertz CT molecular complexity index is 205. The Morgan fingerprint density at radius 2 is 2.13 bits per heavy atom. The summed E-state index contributed by atoms with van der Waals surface area (Å²) in [7, 11) is 0. The van der Waals surface area contributed by atoms with Crippen molar-refractivity contribution in [2.75, 3.05) is 6.61 Å². The third-order valence-corrected chi connectivity index (χ3v) is 2.73. The number of aliphatic hydroxyl groups excluding tert-OH is 1. The van der Waals surface area contributed by atoms with Gasteiger partial charge in [0.1, 0.15) is 0 Å². The molecule has 90 valence electrons. The minimum atomic E-state index is -4.09. The first-order chi connectivity index (χ1) is 6.81. The molecule has 2 atom stereocenters. The predicted octanol–water partition coefficient (Wildman–Crippen LogP) is 2.65. The van der Waals surface area contributed by atoms with Crippen LogP contribution in [0.15, 0.2) is 0 Å². The van der Waals surface area contributed by atoms with E-state index in [4.69, 9.17) is 4.74 Å². The Labute approximate surface area is 87.4 Å². The van der Waals surface area contributed by atoms with Crippen LogP contribution in [0.2, 0.25) is 0 Å². The maximum absolute atomic E-state index is 11.9. The maximum Gasteiger partial charge on any atom is 0.389 e. The van der Waals surface area contributed by atoms with Crippen molar-refractivity contribution >= 4 is 0 Å². The zero-order valence-corrected chi connectivity index (χ0v) is 8.81. The van der Waals surface area contributed by atoms with E-state index < -0.39 is 24.3 Å². The van der Waals surface area contributed by atoms with Gasteiger partial charge in [0.05, 0.1) is 11.7 Å². The van der Waals surface area contributed by atoms with Crippen molar-refractivity contribution in [3.8, 4) is 0 Å². The molecule has 1 aliphatic rings. The van der Waals surface area contributed by atoms with Crippen LogP contribution in [0.4, 0.5) is 13.2 Å². The van der Waals surface area contributed by atoms with E-state index in [1.807, 2.05) is 0 Å². The molecule has 2 unspecified atom stereocenters. The average Bonchev–Trinajstić information content (AvgIpc) is 1.99. The topological polar surface area (TPSA) is 29.5 Å². The number of rotatable bonds is 3. The van der Waals surface area contributed by atoms with Gasteiger partial charge in [0.2, 0.25) is 0 Å². The van der Waals surface area contributed by atoms with Crippen LogP contribution in [-0.2, 0) is 4.74 Å². The molecule has 1 heterocycles. The van der Waals surface area contributed by atoms with E-state index in [1.165, 1.54) is 0 Å². The molecular weight excluding hydrogens is 209 g/mol. The van der Waals surface area contributed by atoms with Crippen molar-refractivity contribution < 1.29 is 23.0 Å². The van der Waals surface area contributed by atoms with Crippen LogP contribution in [0.5, 0.6) is 0 Å². The second-order valence-electron chi connectivity index (χ2n) is 4.41. The second-order valence-corrected chi connectivity index (χ2v) is 4.41. The summed E-state index contributed by atoms with van der Waals surface area (Å²) >= 11 is 0. The van der Waals surface area contributed by atoms with Crippen molar-refractivity contribution in [3.05, 3.63) is 0 Å². The standard InChI is InChI=1S/C10H17F3O2/c1-9(4-2-5-10(11,12)13)7-8(14)3-6-15-9/h8,14H,2-7H2,1H3. The molecule has 15 heavy (non-hydrogen) atoms. The zero-order valence-electron chi connectivity index (χ0n) is 8.81. The molecular formula is C10H17F3O2. The predicted molar refractivity (Wildman–Crippen MR) is 49.5 cm³/mol. The van der Waals surface area contributed by atoms with E-state index in [2.05, 4.69) is 0 Å². The fourth-order valence-electron chi connectivity index (χ4n) is 1.94. The molecule has 1 aliphatic heterocycles. The number of aliphatic hydroxyl groups is 1. The van der Waals surface area contributed by atoms with Gasteiger partial charge in [-0.3, -0.25) is 0 Å². The maximum atomic E-state index is 11.9. The zero-order chi connectivity index (χ0) is 11.5. The summed E-state index contributed by atoms with van der Waals surface area (Å²) in [5.41, 5.74) is -0.580. The number of ether oxygens (including phenoxy) is 1. The van der Waals surface area contributed by atoms with E-state index >= 15 is 0 Å². The van der Waals surface area contributed by atoms with Crippen LogP contribution in [0.1, 0.15) is 39.0 Å². The highest BCUT2D eigenvalue weighted by atomic mass is 19.4. The third-order valence-electron chi connectivity index (χ3n) is 2.73. The van der Waals surface area contributed by atoms with Gasteiger partial charge in [-0.1, -0.05) is 0 Å². The molecule has 0 radical (unpaired) electrons. The second kappa shape index (κ2) is 4.70. The Morgan fingerprint density at radius 1 is 1.47 bits per heavy atom. The fraction of sp³-hybridized carbons (Fsp3) is 1.00. The van der Waals surface area contributed by atoms with Gasteiger partial charge in [-0.15, -0.1) is 0 Å². The van der Waals surface area contributed by atoms with E-state index in [9.17, 15) is 18.3 Å². The first kappa shape index (κ1) is 12.8. The smallest absolute Gasteiger partial charge is 0.389 e. The Kier molecular flexibility index (Phi) is 4.00. The molecule has 5 heteroatoms. The summed E-state index contributed by atoms with van der Waals surface area (Å²) in [4.78, 5) is 0. The third kappa shape index (κ3) is 4.84. The van der Waals surface area contributed by atoms with Crippen LogP contribution in [0.25, 0.3) is 0 Å². The summed E-state index contributed by atoms with van der Waals surface area (Å²) in [6.45, 7) is 2.20.